The van der Waals surface area contributed by atoms with E-state index in [9.17, 15) is 0 Å². The molecule has 7 heteroatoms. The zero-order valence-corrected chi connectivity index (χ0v) is 10.8. The van der Waals surface area contributed by atoms with Crippen molar-refractivity contribution in [3.05, 3.63) is 48.5 Å². The van der Waals surface area contributed by atoms with Gasteiger partial charge < -0.3 is 10.2 Å². The van der Waals surface area contributed by atoms with Gasteiger partial charge in [0.2, 0.25) is 5.82 Å². The van der Waals surface area contributed by atoms with E-state index < -0.39 is 0 Å². The number of aromatic nitrogens is 5. The monoisotopic (exact) mass is 278 g/mol. The minimum Gasteiger partial charge on any atom is -0.421 e. The summed E-state index contributed by atoms with van der Waals surface area (Å²) in [6.07, 6.45) is 0. The second-order valence-corrected chi connectivity index (χ2v) is 4.46. The molecule has 0 radical (unpaired) electrons. The lowest BCUT2D eigenvalue weighted by molar-refractivity contribution is 0.508. The van der Waals surface area contributed by atoms with Gasteiger partial charge in [0.15, 0.2) is 5.58 Å². The standard InChI is InChI=1S/C14H10N6O/c15-10-7-4-8-11-12(10)16-14(21-11)20-18-13(17-19-20)9-5-2-1-3-6-9/h1-8H,15H2. The van der Waals surface area contributed by atoms with Crippen LogP contribution in [-0.2, 0) is 0 Å². The summed E-state index contributed by atoms with van der Waals surface area (Å²) in [6.45, 7) is 0. The topological polar surface area (TPSA) is 95.7 Å². The van der Waals surface area contributed by atoms with Crippen LogP contribution in [0.25, 0.3) is 28.5 Å². The maximum absolute atomic E-state index is 5.86. The Morgan fingerprint density at radius 2 is 1.86 bits per heavy atom. The molecular weight excluding hydrogens is 268 g/mol. The molecule has 0 saturated carbocycles. The number of fused-ring (bicyclic) bond motifs is 1. The molecule has 2 aromatic carbocycles. The van der Waals surface area contributed by atoms with Crippen molar-refractivity contribution in [2.75, 3.05) is 5.73 Å². The third-order valence-corrected chi connectivity index (χ3v) is 3.06. The predicted octanol–water partition coefficient (Wildman–Crippen LogP) is 2.05. The van der Waals surface area contributed by atoms with E-state index in [0.717, 1.165) is 5.56 Å². The molecule has 0 bridgehead atoms. The Labute approximate surface area is 119 Å². The summed E-state index contributed by atoms with van der Waals surface area (Å²) in [7, 11) is 0. The fraction of sp³-hybridized carbons (Fsp3) is 0. The highest BCUT2D eigenvalue weighted by atomic mass is 16.4. The van der Waals surface area contributed by atoms with Crippen LogP contribution in [0.4, 0.5) is 5.69 Å². The molecule has 2 heterocycles. The van der Waals surface area contributed by atoms with Gasteiger partial charge in [-0.25, -0.2) is 0 Å². The number of tetrazole rings is 1. The minimum absolute atomic E-state index is 0.234. The highest BCUT2D eigenvalue weighted by Crippen LogP contribution is 2.22. The average molecular weight is 278 g/mol. The summed E-state index contributed by atoms with van der Waals surface area (Å²) >= 11 is 0. The van der Waals surface area contributed by atoms with E-state index in [-0.39, 0.29) is 6.01 Å². The molecule has 7 nitrogen and oxygen atoms in total. The first-order valence-corrected chi connectivity index (χ1v) is 6.32. The molecule has 0 aliphatic carbocycles. The van der Waals surface area contributed by atoms with Crippen LogP contribution in [0.15, 0.2) is 52.9 Å². The predicted molar refractivity (Wildman–Crippen MR) is 76.6 cm³/mol. The molecule has 0 saturated heterocycles. The van der Waals surface area contributed by atoms with Crippen molar-refractivity contribution in [3.63, 3.8) is 0 Å². The minimum atomic E-state index is 0.234. The summed E-state index contributed by atoms with van der Waals surface area (Å²) < 4.78 is 5.59. The van der Waals surface area contributed by atoms with Crippen LogP contribution in [0.3, 0.4) is 0 Å². The maximum Gasteiger partial charge on any atom is 0.343 e. The fourth-order valence-corrected chi connectivity index (χ4v) is 2.04. The van der Waals surface area contributed by atoms with E-state index in [1.807, 2.05) is 30.3 Å². The first-order valence-electron chi connectivity index (χ1n) is 6.32. The Morgan fingerprint density at radius 1 is 1.00 bits per heavy atom. The Bertz CT molecular complexity index is 912. The van der Waals surface area contributed by atoms with E-state index in [0.29, 0.717) is 22.6 Å². The van der Waals surface area contributed by atoms with Gasteiger partial charge in [0, 0.05) is 5.56 Å². The number of rotatable bonds is 2. The summed E-state index contributed by atoms with van der Waals surface area (Å²) in [6, 6.07) is 15.2. The van der Waals surface area contributed by atoms with E-state index in [1.165, 1.54) is 4.80 Å². The fourth-order valence-electron chi connectivity index (χ4n) is 2.04. The van der Waals surface area contributed by atoms with Crippen LogP contribution in [0.2, 0.25) is 0 Å². The summed E-state index contributed by atoms with van der Waals surface area (Å²) in [5.41, 5.74) is 8.45. The lowest BCUT2D eigenvalue weighted by Crippen LogP contribution is -1.99. The molecule has 0 fully saturated rings. The molecule has 0 spiro atoms. The zero-order valence-electron chi connectivity index (χ0n) is 10.8. The Balaban J connectivity index is 1.79. The van der Waals surface area contributed by atoms with Crippen molar-refractivity contribution >= 4 is 16.8 Å². The number of hydrogen-bond acceptors (Lipinski definition) is 6. The van der Waals surface area contributed by atoms with Crippen LogP contribution in [0.5, 0.6) is 0 Å². The van der Waals surface area contributed by atoms with Gasteiger partial charge in [-0.3, -0.25) is 0 Å². The lowest BCUT2D eigenvalue weighted by Gasteiger charge is -1.91. The van der Waals surface area contributed by atoms with E-state index >= 15 is 0 Å². The van der Waals surface area contributed by atoms with Gasteiger partial charge in [0.05, 0.1) is 5.69 Å². The molecule has 0 amide bonds. The van der Waals surface area contributed by atoms with Crippen LogP contribution in [0, 0.1) is 0 Å². The highest BCUT2D eigenvalue weighted by molar-refractivity contribution is 5.85. The third-order valence-electron chi connectivity index (χ3n) is 3.06. The number of benzene rings is 2. The second-order valence-electron chi connectivity index (χ2n) is 4.46. The molecule has 0 unspecified atom stereocenters. The number of hydrogen-bond donors (Lipinski definition) is 1. The van der Waals surface area contributed by atoms with Crippen molar-refractivity contribution in [2.24, 2.45) is 0 Å². The number of nitrogen functional groups attached to an aromatic ring is 1. The van der Waals surface area contributed by atoms with Gasteiger partial charge in [0.25, 0.3) is 0 Å². The summed E-state index contributed by atoms with van der Waals surface area (Å²) in [5, 5.41) is 12.2. The normalized spacial score (nSPS) is 11.0. The Hall–Kier alpha value is -3.22. The van der Waals surface area contributed by atoms with Gasteiger partial charge in [-0.05, 0) is 17.3 Å². The Morgan fingerprint density at radius 3 is 2.67 bits per heavy atom. The van der Waals surface area contributed by atoms with Crippen molar-refractivity contribution in [2.45, 2.75) is 0 Å². The summed E-state index contributed by atoms with van der Waals surface area (Å²) in [5.74, 6) is 0.505. The molecule has 2 aromatic heterocycles. The molecule has 2 N–H and O–H groups in total. The molecule has 0 atom stereocenters. The zero-order chi connectivity index (χ0) is 14.2. The molecule has 21 heavy (non-hydrogen) atoms. The molecule has 0 aliphatic heterocycles. The number of anilines is 1. The van der Waals surface area contributed by atoms with E-state index in [4.69, 9.17) is 10.2 Å². The van der Waals surface area contributed by atoms with Gasteiger partial charge >= 0.3 is 6.01 Å². The largest absolute Gasteiger partial charge is 0.421 e. The smallest absolute Gasteiger partial charge is 0.343 e. The van der Waals surface area contributed by atoms with Gasteiger partial charge in [0.1, 0.15) is 5.52 Å². The second kappa shape index (κ2) is 4.41. The first-order chi connectivity index (χ1) is 10.3. The average Bonchev–Trinajstić information content (AvgIpc) is 3.15. The van der Waals surface area contributed by atoms with E-state index in [2.05, 4.69) is 20.4 Å². The quantitative estimate of drug-likeness (QED) is 0.564. The van der Waals surface area contributed by atoms with Gasteiger partial charge in [-0.15, -0.1) is 10.2 Å². The first kappa shape index (κ1) is 11.6. The molecular formula is C14H10N6O. The third kappa shape index (κ3) is 1.91. The Kier molecular flexibility index (Phi) is 2.43. The van der Waals surface area contributed by atoms with Crippen LogP contribution >= 0.6 is 0 Å². The van der Waals surface area contributed by atoms with Crippen LogP contribution < -0.4 is 5.73 Å². The number of oxazole rings is 1. The van der Waals surface area contributed by atoms with Crippen LogP contribution in [-0.4, -0.2) is 25.2 Å². The molecule has 102 valence electrons. The maximum atomic E-state index is 5.86. The van der Waals surface area contributed by atoms with Crippen molar-refractivity contribution in [3.8, 4) is 17.4 Å². The molecule has 4 aromatic rings. The number of nitrogens with zero attached hydrogens (tertiary/aromatic N) is 5. The van der Waals surface area contributed by atoms with Crippen molar-refractivity contribution in [1.82, 2.24) is 25.2 Å². The SMILES string of the molecule is Nc1cccc2oc(-n3nnc(-c4ccccc4)n3)nc12. The molecule has 0 aliphatic rings. The highest BCUT2D eigenvalue weighted by Gasteiger charge is 2.13. The van der Waals surface area contributed by atoms with Gasteiger partial charge in [-0.1, -0.05) is 41.2 Å². The van der Waals surface area contributed by atoms with Crippen molar-refractivity contribution < 1.29 is 4.42 Å². The number of para-hydroxylation sites is 1. The summed E-state index contributed by atoms with van der Waals surface area (Å²) in [4.78, 5) is 5.55. The van der Waals surface area contributed by atoms with Gasteiger partial charge in [-0.2, -0.15) is 4.98 Å². The van der Waals surface area contributed by atoms with Crippen molar-refractivity contribution in [1.29, 1.82) is 0 Å². The lowest BCUT2D eigenvalue weighted by atomic mass is 10.2. The number of nitrogens with two attached hydrogens (primary N) is 1. The van der Waals surface area contributed by atoms with E-state index in [1.54, 1.807) is 18.2 Å². The molecule has 4 rings (SSSR count). The van der Waals surface area contributed by atoms with Crippen LogP contribution in [0.1, 0.15) is 0 Å².